The van der Waals surface area contributed by atoms with Crippen LogP contribution >= 0.6 is 24.0 Å². The molecular weight excluding hydrogens is 365 g/mol. The molecule has 0 saturated heterocycles. The molecule has 0 unspecified atom stereocenters. The quantitative estimate of drug-likeness (QED) is 0.216. The van der Waals surface area contributed by atoms with E-state index in [2.05, 4.69) is 31.1 Å². The van der Waals surface area contributed by atoms with Gasteiger partial charge in [0.05, 0.1) is 0 Å². The number of unbranched alkanes of at least 4 members (excludes halogenated alkanes) is 3. The first-order chi connectivity index (χ1) is 9.14. The van der Waals surface area contributed by atoms with Gasteiger partial charge in [-0.05, 0) is 31.1 Å². The molecule has 0 amide bonds. The molecule has 0 fully saturated rings. The number of hydrogen-bond acceptors (Lipinski definition) is 2. The molecule has 0 saturated carbocycles. The van der Waals surface area contributed by atoms with Crippen LogP contribution in [0, 0.1) is 5.41 Å². The van der Waals surface area contributed by atoms with Crippen LogP contribution in [0.5, 0.6) is 0 Å². The minimum Gasteiger partial charge on any atom is -0.396 e. The first-order valence-electron chi connectivity index (χ1n) is 7.78. The predicted molar refractivity (Wildman–Crippen MR) is 98.8 cm³/mol. The molecule has 0 aliphatic rings. The van der Waals surface area contributed by atoms with E-state index in [-0.39, 0.29) is 36.0 Å². The van der Waals surface area contributed by atoms with Crippen LogP contribution in [0.3, 0.4) is 0 Å². The highest BCUT2D eigenvalue weighted by Gasteiger charge is 2.25. The van der Waals surface area contributed by atoms with Gasteiger partial charge in [0.15, 0.2) is 5.96 Å². The number of nitrogens with two attached hydrogens (primary N) is 1. The molecular formula is C15H34IN3O. The maximum absolute atomic E-state index is 9.16. The number of halogens is 1. The first-order valence-corrected chi connectivity index (χ1v) is 7.78. The van der Waals surface area contributed by atoms with Gasteiger partial charge in [0.25, 0.3) is 0 Å². The molecule has 122 valence electrons. The fraction of sp³-hybridized carbons (Fsp3) is 0.933. The molecule has 4 N–H and O–H groups in total. The van der Waals surface area contributed by atoms with Crippen molar-refractivity contribution in [1.29, 1.82) is 0 Å². The monoisotopic (exact) mass is 399 g/mol. The number of aliphatic hydroxyl groups excluding tert-OH is 1. The molecule has 0 aliphatic heterocycles. The van der Waals surface area contributed by atoms with Gasteiger partial charge in [0.2, 0.25) is 0 Å². The first kappa shape index (κ1) is 22.2. The third-order valence-electron chi connectivity index (χ3n) is 4.06. The van der Waals surface area contributed by atoms with E-state index in [0.29, 0.717) is 12.5 Å². The number of nitrogens with one attached hydrogen (secondary N) is 1. The molecule has 20 heavy (non-hydrogen) atoms. The Balaban J connectivity index is 0. The Morgan fingerprint density at radius 1 is 1.15 bits per heavy atom. The van der Waals surface area contributed by atoms with Gasteiger partial charge >= 0.3 is 0 Å². The van der Waals surface area contributed by atoms with E-state index in [9.17, 15) is 0 Å². The summed E-state index contributed by atoms with van der Waals surface area (Å²) >= 11 is 0. The summed E-state index contributed by atoms with van der Waals surface area (Å²) in [6.07, 6.45) is 7.77. The zero-order valence-corrected chi connectivity index (χ0v) is 15.8. The highest BCUT2D eigenvalue weighted by molar-refractivity contribution is 14.0. The van der Waals surface area contributed by atoms with Crippen molar-refractivity contribution in [2.24, 2.45) is 16.1 Å². The predicted octanol–water partition coefficient (Wildman–Crippen LogP) is 3.28. The summed E-state index contributed by atoms with van der Waals surface area (Å²) in [5.41, 5.74) is 5.98. The summed E-state index contributed by atoms with van der Waals surface area (Å²) < 4.78 is 0. The van der Waals surface area contributed by atoms with Crippen molar-refractivity contribution in [2.45, 2.75) is 65.7 Å². The molecule has 0 heterocycles. The van der Waals surface area contributed by atoms with Gasteiger partial charge in [-0.1, -0.05) is 40.0 Å². The standard InChI is InChI=1S/C15H33N3O.HI/c1-4-7-8-9-11-17-14(16)18-13-15(5-2,6-3)10-12-19;/h19H,4-13H2,1-3H3,(H3,16,17,18);1H. The lowest BCUT2D eigenvalue weighted by Crippen LogP contribution is -2.34. The number of guanidine groups is 1. The van der Waals surface area contributed by atoms with E-state index < -0.39 is 0 Å². The van der Waals surface area contributed by atoms with Gasteiger partial charge in [0.1, 0.15) is 0 Å². The van der Waals surface area contributed by atoms with E-state index in [4.69, 9.17) is 10.8 Å². The Bertz CT molecular complexity index is 243. The van der Waals surface area contributed by atoms with E-state index in [1.165, 1.54) is 19.3 Å². The lowest BCUT2D eigenvalue weighted by molar-refractivity contribution is 0.175. The van der Waals surface area contributed by atoms with Crippen LogP contribution in [0.1, 0.15) is 65.7 Å². The number of nitrogens with zero attached hydrogens (tertiary/aromatic N) is 1. The lowest BCUT2D eigenvalue weighted by atomic mass is 9.79. The molecule has 0 radical (unpaired) electrons. The third kappa shape index (κ3) is 9.80. The molecule has 5 heteroatoms. The third-order valence-corrected chi connectivity index (χ3v) is 4.06. The maximum atomic E-state index is 9.16. The summed E-state index contributed by atoms with van der Waals surface area (Å²) in [7, 11) is 0. The minimum atomic E-state index is 0. The van der Waals surface area contributed by atoms with Gasteiger partial charge in [-0.2, -0.15) is 0 Å². The van der Waals surface area contributed by atoms with E-state index in [1.54, 1.807) is 0 Å². The minimum absolute atomic E-state index is 0. The lowest BCUT2D eigenvalue weighted by Gasteiger charge is -2.29. The largest absolute Gasteiger partial charge is 0.396 e. The number of hydrogen-bond donors (Lipinski definition) is 3. The van der Waals surface area contributed by atoms with Crippen molar-refractivity contribution < 1.29 is 5.11 Å². The zero-order valence-electron chi connectivity index (χ0n) is 13.5. The van der Waals surface area contributed by atoms with Gasteiger partial charge in [-0.3, -0.25) is 4.99 Å². The van der Waals surface area contributed by atoms with E-state index in [0.717, 1.165) is 32.2 Å². The topological polar surface area (TPSA) is 70.6 Å². The average Bonchev–Trinajstić information content (AvgIpc) is 2.43. The summed E-state index contributed by atoms with van der Waals surface area (Å²) in [6, 6.07) is 0. The van der Waals surface area contributed by atoms with Crippen LogP contribution in [0.4, 0.5) is 0 Å². The Hall–Kier alpha value is -0.0400. The SMILES string of the molecule is CCCCCCNC(N)=NCC(CC)(CC)CCO.I. The van der Waals surface area contributed by atoms with Crippen LogP contribution in [-0.2, 0) is 0 Å². The number of rotatable bonds is 11. The molecule has 0 aromatic rings. The van der Waals surface area contributed by atoms with E-state index >= 15 is 0 Å². The molecule has 0 bridgehead atoms. The Labute approximate surface area is 142 Å². The zero-order chi connectivity index (χ0) is 14.6. The molecule has 0 rings (SSSR count). The fourth-order valence-electron chi connectivity index (χ4n) is 2.22. The normalized spacial score (nSPS) is 12.1. The van der Waals surface area contributed by atoms with Crippen molar-refractivity contribution in [3.05, 3.63) is 0 Å². The molecule has 0 aromatic carbocycles. The van der Waals surface area contributed by atoms with Gasteiger partial charge in [-0.15, -0.1) is 24.0 Å². The summed E-state index contributed by atoms with van der Waals surface area (Å²) in [5.74, 6) is 0.542. The Morgan fingerprint density at radius 3 is 2.30 bits per heavy atom. The van der Waals surface area contributed by atoms with Crippen molar-refractivity contribution in [3.63, 3.8) is 0 Å². The van der Waals surface area contributed by atoms with Crippen molar-refractivity contribution in [1.82, 2.24) is 5.32 Å². The molecule has 0 atom stereocenters. The Kier molecular flexibility index (Phi) is 15.5. The average molecular weight is 399 g/mol. The van der Waals surface area contributed by atoms with Crippen molar-refractivity contribution >= 4 is 29.9 Å². The second-order valence-corrected chi connectivity index (χ2v) is 5.37. The van der Waals surface area contributed by atoms with Crippen LogP contribution in [-0.4, -0.2) is 30.8 Å². The van der Waals surface area contributed by atoms with Crippen LogP contribution in [0.15, 0.2) is 4.99 Å². The molecule has 0 aliphatic carbocycles. The second kappa shape index (κ2) is 13.9. The van der Waals surface area contributed by atoms with Crippen LogP contribution in [0.2, 0.25) is 0 Å². The van der Waals surface area contributed by atoms with Gasteiger partial charge in [0, 0.05) is 19.7 Å². The highest BCUT2D eigenvalue weighted by atomic mass is 127. The summed E-state index contributed by atoms with van der Waals surface area (Å²) in [4.78, 5) is 4.45. The van der Waals surface area contributed by atoms with Crippen LogP contribution < -0.4 is 11.1 Å². The molecule has 0 aromatic heterocycles. The maximum Gasteiger partial charge on any atom is 0.188 e. The summed E-state index contributed by atoms with van der Waals surface area (Å²) in [5, 5.41) is 12.3. The van der Waals surface area contributed by atoms with Crippen LogP contribution in [0.25, 0.3) is 0 Å². The van der Waals surface area contributed by atoms with Crippen molar-refractivity contribution in [2.75, 3.05) is 19.7 Å². The Morgan fingerprint density at radius 2 is 1.80 bits per heavy atom. The molecule has 4 nitrogen and oxygen atoms in total. The highest BCUT2D eigenvalue weighted by Crippen LogP contribution is 2.30. The van der Waals surface area contributed by atoms with E-state index in [1.807, 2.05) is 0 Å². The fourth-order valence-corrected chi connectivity index (χ4v) is 2.22. The number of aliphatic hydroxyl groups is 1. The smallest absolute Gasteiger partial charge is 0.188 e. The summed E-state index contributed by atoms with van der Waals surface area (Å²) in [6.45, 7) is 8.35. The van der Waals surface area contributed by atoms with Crippen molar-refractivity contribution in [3.8, 4) is 0 Å². The number of aliphatic imine (C=N–C) groups is 1. The molecule has 0 spiro atoms. The van der Waals surface area contributed by atoms with Gasteiger partial charge < -0.3 is 16.2 Å². The second-order valence-electron chi connectivity index (χ2n) is 5.37. The van der Waals surface area contributed by atoms with Gasteiger partial charge in [-0.25, -0.2) is 0 Å².